The highest BCUT2D eigenvalue weighted by molar-refractivity contribution is 7.91. The fourth-order valence-electron chi connectivity index (χ4n) is 2.99. The summed E-state index contributed by atoms with van der Waals surface area (Å²) in [5, 5.41) is 5.36. The second-order valence-electron chi connectivity index (χ2n) is 6.38. The molecule has 0 spiro atoms. The maximum atomic E-state index is 12.2. The van der Waals surface area contributed by atoms with E-state index in [2.05, 4.69) is 35.6 Å². The van der Waals surface area contributed by atoms with Crippen molar-refractivity contribution in [1.82, 2.24) is 10.2 Å². The molecule has 2 aromatic carbocycles. The standard InChI is InChI=1S/C18H22N2O3S/c1-14(19-18(21)20-8-10-24(22,23)11-9-20)12-15-6-7-16-4-2-3-5-17(16)13-15/h2-7,13-14H,8-12H2,1H3,(H,19,21)/t14-/m0/s1. The van der Waals surface area contributed by atoms with Gasteiger partial charge in [-0.05, 0) is 29.7 Å². The fourth-order valence-corrected chi connectivity index (χ4v) is 4.19. The minimum absolute atomic E-state index is 0.0165. The Labute approximate surface area is 142 Å². The number of rotatable bonds is 3. The molecule has 3 rings (SSSR count). The van der Waals surface area contributed by atoms with Gasteiger partial charge in [0.2, 0.25) is 0 Å². The first-order valence-corrected chi connectivity index (χ1v) is 9.99. The molecule has 1 fully saturated rings. The van der Waals surface area contributed by atoms with Gasteiger partial charge in [0, 0.05) is 19.1 Å². The lowest BCUT2D eigenvalue weighted by Gasteiger charge is -2.28. The maximum Gasteiger partial charge on any atom is 0.317 e. The normalized spacial score (nSPS) is 18.3. The third kappa shape index (κ3) is 4.06. The Bertz CT molecular complexity index is 834. The molecule has 5 nitrogen and oxygen atoms in total. The highest BCUT2D eigenvalue weighted by Crippen LogP contribution is 2.16. The van der Waals surface area contributed by atoms with Crippen molar-refractivity contribution >= 4 is 26.6 Å². The molecule has 0 aromatic heterocycles. The number of sulfone groups is 1. The molecule has 1 aliphatic heterocycles. The van der Waals surface area contributed by atoms with Gasteiger partial charge < -0.3 is 10.2 Å². The molecule has 128 valence electrons. The van der Waals surface area contributed by atoms with Crippen molar-refractivity contribution in [2.45, 2.75) is 19.4 Å². The van der Waals surface area contributed by atoms with Crippen LogP contribution < -0.4 is 5.32 Å². The number of fused-ring (bicyclic) bond motifs is 1. The van der Waals surface area contributed by atoms with E-state index in [9.17, 15) is 13.2 Å². The van der Waals surface area contributed by atoms with Crippen LogP contribution in [0.25, 0.3) is 10.8 Å². The van der Waals surface area contributed by atoms with E-state index >= 15 is 0 Å². The van der Waals surface area contributed by atoms with Crippen molar-refractivity contribution in [2.75, 3.05) is 24.6 Å². The van der Waals surface area contributed by atoms with Gasteiger partial charge >= 0.3 is 6.03 Å². The van der Waals surface area contributed by atoms with Crippen LogP contribution >= 0.6 is 0 Å². The number of carbonyl (C=O) groups is 1. The molecule has 1 aliphatic rings. The summed E-state index contributed by atoms with van der Waals surface area (Å²) >= 11 is 0. The Morgan fingerprint density at radius 2 is 1.79 bits per heavy atom. The number of carbonyl (C=O) groups excluding carboxylic acids is 1. The van der Waals surface area contributed by atoms with Crippen LogP contribution in [0.3, 0.4) is 0 Å². The lowest BCUT2D eigenvalue weighted by molar-refractivity contribution is 0.199. The Kier molecular flexibility index (Phi) is 4.76. The van der Waals surface area contributed by atoms with Gasteiger partial charge in [-0.25, -0.2) is 13.2 Å². The summed E-state index contributed by atoms with van der Waals surface area (Å²) < 4.78 is 22.9. The first kappa shape index (κ1) is 16.8. The van der Waals surface area contributed by atoms with Crippen LogP contribution in [-0.4, -0.2) is 50.0 Å². The topological polar surface area (TPSA) is 66.5 Å². The smallest absolute Gasteiger partial charge is 0.317 e. The molecule has 0 saturated carbocycles. The van der Waals surface area contributed by atoms with Crippen LogP contribution in [-0.2, 0) is 16.3 Å². The molecule has 1 atom stereocenters. The van der Waals surface area contributed by atoms with Crippen molar-refractivity contribution in [2.24, 2.45) is 0 Å². The van der Waals surface area contributed by atoms with Crippen LogP contribution in [0.15, 0.2) is 42.5 Å². The molecule has 0 bridgehead atoms. The van der Waals surface area contributed by atoms with Gasteiger partial charge in [0.25, 0.3) is 0 Å². The van der Waals surface area contributed by atoms with Gasteiger partial charge in [-0.15, -0.1) is 0 Å². The van der Waals surface area contributed by atoms with E-state index in [4.69, 9.17) is 0 Å². The molecular weight excluding hydrogens is 324 g/mol. The predicted molar refractivity (Wildman–Crippen MR) is 95.9 cm³/mol. The average molecular weight is 346 g/mol. The lowest BCUT2D eigenvalue weighted by Crippen LogP contribution is -2.50. The van der Waals surface area contributed by atoms with E-state index in [0.717, 1.165) is 6.42 Å². The second kappa shape index (κ2) is 6.81. The van der Waals surface area contributed by atoms with Gasteiger partial charge in [-0.2, -0.15) is 0 Å². The molecule has 0 unspecified atom stereocenters. The van der Waals surface area contributed by atoms with Crippen LogP contribution in [0.5, 0.6) is 0 Å². The monoisotopic (exact) mass is 346 g/mol. The summed E-state index contributed by atoms with van der Waals surface area (Å²) in [5.41, 5.74) is 1.17. The van der Waals surface area contributed by atoms with Crippen molar-refractivity contribution in [1.29, 1.82) is 0 Å². The van der Waals surface area contributed by atoms with Gasteiger partial charge in [-0.3, -0.25) is 0 Å². The van der Waals surface area contributed by atoms with Crippen LogP contribution in [0.2, 0.25) is 0 Å². The first-order valence-electron chi connectivity index (χ1n) is 8.16. The third-order valence-electron chi connectivity index (χ3n) is 4.36. The summed E-state index contributed by atoms with van der Waals surface area (Å²) in [6.07, 6.45) is 0.739. The zero-order valence-corrected chi connectivity index (χ0v) is 14.6. The van der Waals surface area contributed by atoms with E-state index in [1.165, 1.54) is 16.3 Å². The second-order valence-corrected chi connectivity index (χ2v) is 8.68. The Morgan fingerprint density at radius 1 is 1.12 bits per heavy atom. The summed E-state index contributed by atoms with van der Waals surface area (Å²) in [6, 6.07) is 14.3. The molecule has 1 N–H and O–H groups in total. The Morgan fingerprint density at radius 3 is 2.50 bits per heavy atom. The summed E-state index contributed by atoms with van der Waals surface area (Å²) in [5.74, 6) is 0.110. The largest absolute Gasteiger partial charge is 0.335 e. The molecular formula is C18H22N2O3S. The van der Waals surface area contributed by atoms with Crippen molar-refractivity contribution in [3.8, 4) is 0 Å². The molecule has 0 aliphatic carbocycles. The zero-order chi connectivity index (χ0) is 17.2. The molecule has 1 saturated heterocycles. The van der Waals surface area contributed by atoms with Gasteiger partial charge in [0.05, 0.1) is 11.5 Å². The number of hydrogen-bond acceptors (Lipinski definition) is 3. The van der Waals surface area contributed by atoms with E-state index in [0.29, 0.717) is 0 Å². The van der Waals surface area contributed by atoms with Crippen LogP contribution in [0.4, 0.5) is 4.79 Å². The quantitative estimate of drug-likeness (QED) is 0.927. The first-order chi connectivity index (χ1) is 11.4. The van der Waals surface area contributed by atoms with Crippen molar-refractivity contribution < 1.29 is 13.2 Å². The summed E-state index contributed by atoms with van der Waals surface area (Å²) in [4.78, 5) is 13.8. The summed E-state index contributed by atoms with van der Waals surface area (Å²) in [7, 11) is -2.97. The highest BCUT2D eigenvalue weighted by atomic mass is 32.2. The van der Waals surface area contributed by atoms with E-state index < -0.39 is 9.84 Å². The third-order valence-corrected chi connectivity index (χ3v) is 5.97. The highest BCUT2D eigenvalue weighted by Gasteiger charge is 2.25. The lowest BCUT2D eigenvalue weighted by atomic mass is 10.0. The van der Waals surface area contributed by atoms with E-state index in [1.54, 1.807) is 4.90 Å². The minimum atomic E-state index is -2.97. The fraction of sp³-hybridized carbons (Fsp3) is 0.389. The SMILES string of the molecule is C[C@@H](Cc1ccc2ccccc2c1)NC(=O)N1CCS(=O)(=O)CC1. The van der Waals surface area contributed by atoms with E-state index in [-0.39, 0.29) is 36.7 Å². The summed E-state index contributed by atoms with van der Waals surface area (Å²) in [6.45, 7) is 2.52. The maximum absolute atomic E-state index is 12.2. The van der Waals surface area contributed by atoms with Crippen molar-refractivity contribution in [3.63, 3.8) is 0 Å². The predicted octanol–water partition coefficient (Wildman–Crippen LogP) is 2.21. The number of urea groups is 1. The molecule has 0 radical (unpaired) electrons. The molecule has 2 amide bonds. The number of amides is 2. The number of nitrogens with one attached hydrogen (secondary N) is 1. The molecule has 24 heavy (non-hydrogen) atoms. The van der Waals surface area contributed by atoms with Crippen LogP contribution in [0.1, 0.15) is 12.5 Å². The van der Waals surface area contributed by atoms with Crippen LogP contribution in [0, 0.1) is 0 Å². The minimum Gasteiger partial charge on any atom is -0.335 e. The van der Waals surface area contributed by atoms with Gasteiger partial charge in [0.1, 0.15) is 0 Å². The van der Waals surface area contributed by atoms with Gasteiger partial charge in [-0.1, -0.05) is 42.5 Å². The Balaban J connectivity index is 1.58. The number of hydrogen-bond donors (Lipinski definition) is 1. The van der Waals surface area contributed by atoms with Crippen molar-refractivity contribution in [3.05, 3.63) is 48.0 Å². The van der Waals surface area contributed by atoms with Gasteiger partial charge in [0.15, 0.2) is 9.84 Å². The van der Waals surface area contributed by atoms with E-state index in [1.807, 2.05) is 19.1 Å². The Hall–Kier alpha value is -2.08. The molecule has 1 heterocycles. The average Bonchev–Trinajstić information content (AvgIpc) is 2.54. The zero-order valence-electron chi connectivity index (χ0n) is 13.7. The number of benzene rings is 2. The number of nitrogens with zero attached hydrogens (tertiary/aromatic N) is 1. The molecule has 2 aromatic rings. The molecule has 6 heteroatoms.